The van der Waals surface area contributed by atoms with Crippen molar-refractivity contribution in [1.29, 1.82) is 0 Å². The van der Waals surface area contributed by atoms with Gasteiger partial charge in [0, 0.05) is 36.2 Å². The number of hydrogen-bond donors (Lipinski definition) is 0. The largest absolute Gasteiger partial charge is 0.453 e. The van der Waals surface area contributed by atoms with E-state index < -0.39 is 11.0 Å². The maximum atomic E-state index is 12.4. The first-order valence-electron chi connectivity index (χ1n) is 8.06. The van der Waals surface area contributed by atoms with Gasteiger partial charge in [-0.25, -0.2) is 9.48 Å². The molecule has 1 aliphatic rings. The molecule has 0 fully saturated rings. The molecule has 9 nitrogen and oxygen atoms in total. The number of nitro groups is 1. The van der Waals surface area contributed by atoms with Crippen molar-refractivity contribution < 1.29 is 14.5 Å². The van der Waals surface area contributed by atoms with E-state index in [9.17, 15) is 19.7 Å². The highest BCUT2D eigenvalue weighted by molar-refractivity contribution is 5.67. The number of nitrogens with zero attached hydrogens (tertiary/aromatic N) is 4. The molecule has 0 saturated heterocycles. The van der Waals surface area contributed by atoms with Crippen molar-refractivity contribution in [2.45, 2.75) is 26.4 Å². The van der Waals surface area contributed by atoms with Gasteiger partial charge in [0.15, 0.2) is 0 Å². The molecule has 1 aromatic heterocycles. The highest BCUT2D eigenvalue weighted by Crippen LogP contribution is 2.22. The Balaban J connectivity index is 1.90. The van der Waals surface area contributed by atoms with Gasteiger partial charge in [-0.2, -0.15) is 5.10 Å². The normalized spacial score (nSPS) is 13.2. The smallest absolute Gasteiger partial charge is 0.409 e. The van der Waals surface area contributed by atoms with Gasteiger partial charge in [0.25, 0.3) is 11.2 Å². The van der Waals surface area contributed by atoms with Crippen LogP contribution in [0.25, 0.3) is 0 Å². The summed E-state index contributed by atoms with van der Waals surface area (Å²) < 4.78 is 6.01. The molecule has 0 atom stereocenters. The molecule has 26 heavy (non-hydrogen) atoms. The third kappa shape index (κ3) is 3.28. The second-order valence-corrected chi connectivity index (χ2v) is 6.07. The van der Waals surface area contributed by atoms with Crippen LogP contribution in [0.4, 0.5) is 10.5 Å². The van der Waals surface area contributed by atoms with E-state index in [2.05, 4.69) is 5.10 Å². The predicted octanol–water partition coefficient (Wildman–Crippen LogP) is 1.63. The molecule has 1 aliphatic heterocycles. The van der Waals surface area contributed by atoms with Crippen LogP contribution in [0.1, 0.15) is 22.4 Å². The molecule has 0 bridgehead atoms. The average molecular weight is 358 g/mol. The van der Waals surface area contributed by atoms with E-state index in [1.807, 2.05) is 0 Å². The van der Waals surface area contributed by atoms with E-state index >= 15 is 0 Å². The summed E-state index contributed by atoms with van der Waals surface area (Å²) in [6.07, 6.45) is 0.0746. The van der Waals surface area contributed by atoms with Crippen molar-refractivity contribution >= 4 is 11.8 Å². The Morgan fingerprint density at radius 2 is 2.19 bits per heavy atom. The standard InChI is InChI=1S/C17H18N4O5/c1-11-12(4-3-5-15(11)21(24)25)10-20-16(22)8-13-9-19(17(23)26-2)7-6-14(13)18-20/h3-5,8H,6-7,9-10H2,1-2H3. The number of methoxy groups -OCH3 is 1. The summed E-state index contributed by atoms with van der Waals surface area (Å²) in [5.74, 6) is 0. The molecule has 0 unspecified atom stereocenters. The molecule has 136 valence electrons. The number of rotatable bonds is 3. The van der Waals surface area contributed by atoms with Crippen LogP contribution in [-0.4, -0.2) is 39.4 Å². The van der Waals surface area contributed by atoms with E-state index in [0.717, 1.165) is 5.69 Å². The molecule has 0 spiro atoms. The number of fused-ring (bicyclic) bond motifs is 1. The van der Waals surface area contributed by atoms with Crippen LogP contribution in [0.15, 0.2) is 29.1 Å². The summed E-state index contributed by atoms with van der Waals surface area (Å²) >= 11 is 0. The maximum absolute atomic E-state index is 12.4. The lowest BCUT2D eigenvalue weighted by Crippen LogP contribution is -2.38. The fraction of sp³-hybridized carbons (Fsp3) is 0.353. The lowest BCUT2D eigenvalue weighted by atomic mass is 10.1. The Morgan fingerprint density at radius 3 is 2.88 bits per heavy atom. The van der Waals surface area contributed by atoms with Gasteiger partial charge >= 0.3 is 6.09 Å². The van der Waals surface area contributed by atoms with E-state index in [1.165, 1.54) is 28.8 Å². The number of ether oxygens (including phenoxy) is 1. The van der Waals surface area contributed by atoms with Crippen molar-refractivity contribution in [3.05, 3.63) is 67.1 Å². The molecule has 2 heterocycles. The third-order valence-corrected chi connectivity index (χ3v) is 4.51. The first-order valence-corrected chi connectivity index (χ1v) is 8.06. The summed E-state index contributed by atoms with van der Waals surface area (Å²) in [4.78, 5) is 36.2. The first kappa shape index (κ1) is 17.6. The summed E-state index contributed by atoms with van der Waals surface area (Å²) in [7, 11) is 1.31. The zero-order valence-corrected chi connectivity index (χ0v) is 14.5. The summed E-state index contributed by atoms with van der Waals surface area (Å²) in [6.45, 7) is 2.55. The van der Waals surface area contributed by atoms with E-state index in [4.69, 9.17) is 4.74 Å². The molecule has 0 aliphatic carbocycles. The highest BCUT2D eigenvalue weighted by atomic mass is 16.6. The molecule has 2 aromatic rings. The molecule has 9 heteroatoms. The minimum Gasteiger partial charge on any atom is -0.453 e. The van der Waals surface area contributed by atoms with Gasteiger partial charge < -0.3 is 9.64 Å². The van der Waals surface area contributed by atoms with Crippen molar-refractivity contribution in [2.75, 3.05) is 13.7 Å². The summed E-state index contributed by atoms with van der Waals surface area (Å²) in [5.41, 5.74) is 2.32. The second kappa shape index (κ2) is 6.95. The zero-order valence-electron chi connectivity index (χ0n) is 14.5. The van der Waals surface area contributed by atoms with Crippen LogP contribution in [0.2, 0.25) is 0 Å². The molecular formula is C17H18N4O5. The molecule has 1 amide bonds. The highest BCUT2D eigenvalue weighted by Gasteiger charge is 2.23. The third-order valence-electron chi connectivity index (χ3n) is 4.51. The van der Waals surface area contributed by atoms with Gasteiger partial charge in [-0.1, -0.05) is 12.1 Å². The fourth-order valence-corrected chi connectivity index (χ4v) is 3.04. The quantitative estimate of drug-likeness (QED) is 0.610. The molecule has 0 saturated carbocycles. The van der Waals surface area contributed by atoms with E-state index in [0.29, 0.717) is 29.7 Å². The topological polar surface area (TPSA) is 108 Å². The Hall–Kier alpha value is -3.23. The number of amides is 1. The number of nitro benzene ring substituents is 1. The van der Waals surface area contributed by atoms with Gasteiger partial charge in [0.2, 0.25) is 0 Å². The summed E-state index contributed by atoms with van der Waals surface area (Å²) in [5, 5.41) is 15.5. The minimum atomic E-state index is -0.441. The minimum absolute atomic E-state index is 0.0160. The monoisotopic (exact) mass is 358 g/mol. The molecule has 3 rings (SSSR count). The Bertz CT molecular complexity index is 937. The van der Waals surface area contributed by atoms with Crippen molar-refractivity contribution in [1.82, 2.24) is 14.7 Å². The Labute approximate surface area is 149 Å². The molecular weight excluding hydrogens is 340 g/mol. The van der Waals surface area contributed by atoms with Crippen LogP contribution < -0.4 is 5.56 Å². The molecule has 1 aromatic carbocycles. The Morgan fingerprint density at radius 1 is 1.42 bits per heavy atom. The fourth-order valence-electron chi connectivity index (χ4n) is 3.04. The van der Waals surface area contributed by atoms with Gasteiger partial charge in [0.1, 0.15) is 0 Å². The zero-order chi connectivity index (χ0) is 18.8. The lowest BCUT2D eigenvalue weighted by molar-refractivity contribution is -0.385. The number of carbonyl (C=O) groups excluding carboxylic acids is 1. The van der Waals surface area contributed by atoms with Gasteiger partial charge in [-0.05, 0) is 12.5 Å². The van der Waals surface area contributed by atoms with Crippen LogP contribution in [0, 0.1) is 17.0 Å². The number of carbonyl (C=O) groups is 1. The molecule has 0 N–H and O–H groups in total. The molecule has 0 radical (unpaired) electrons. The van der Waals surface area contributed by atoms with Gasteiger partial charge in [-0.15, -0.1) is 0 Å². The summed E-state index contributed by atoms with van der Waals surface area (Å²) in [6, 6.07) is 6.24. The number of benzene rings is 1. The first-order chi connectivity index (χ1) is 12.4. The van der Waals surface area contributed by atoms with Gasteiger partial charge in [0.05, 0.1) is 30.8 Å². The number of aromatic nitrogens is 2. The number of hydrogen-bond acceptors (Lipinski definition) is 6. The van der Waals surface area contributed by atoms with Crippen LogP contribution in [-0.2, 0) is 24.2 Å². The maximum Gasteiger partial charge on any atom is 0.409 e. The van der Waals surface area contributed by atoms with Crippen LogP contribution >= 0.6 is 0 Å². The lowest BCUT2D eigenvalue weighted by Gasteiger charge is -2.27. The van der Waals surface area contributed by atoms with Gasteiger partial charge in [-0.3, -0.25) is 14.9 Å². The Kier molecular flexibility index (Phi) is 4.70. The average Bonchev–Trinajstić information content (AvgIpc) is 2.62. The SMILES string of the molecule is COC(=O)N1CCc2nn(Cc3cccc([N+](=O)[O-])c3C)c(=O)cc2C1. The van der Waals surface area contributed by atoms with E-state index in [1.54, 1.807) is 19.1 Å². The predicted molar refractivity (Wildman–Crippen MR) is 92.0 cm³/mol. The van der Waals surface area contributed by atoms with Crippen LogP contribution in [0.5, 0.6) is 0 Å². The van der Waals surface area contributed by atoms with Crippen LogP contribution in [0.3, 0.4) is 0 Å². The second-order valence-electron chi connectivity index (χ2n) is 6.07. The van der Waals surface area contributed by atoms with Crippen molar-refractivity contribution in [3.8, 4) is 0 Å². The van der Waals surface area contributed by atoms with Crippen molar-refractivity contribution in [2.24, 2.45) is 0 Å². The van der Waals surface area contributed by atoms with Crippen molar-refractivity contribution in [3.63, 3.8) is 0 Å². The van der Waals surface area contributed by atoms with E-state index in [-0.39, 0.29) is 24.3 Å².